The molecule has 1 heterocycles. The molecule has 0 radical (unpaired) electrons. The van der Waals surface area contributed by atoms with Gasteiger partial charge in [0, 0.05) is 0 Å². The van der Waals surface area contributed by atoms with Crippen LogP contribution in [-0.2, 0) is 4.74 Å². The smallest absolute Gasteiger partial charge is 0.351 e. The highest BCUT2D eigenvalue weighted by Gasteiger charge is 2.18. The van der Waals surface area contributed by atoms with E-state index in [0.29, 0.717) is 5.75 Å². The van der Waals surface area contributed by atoms with Crippen LogP contribution in [-0.4, -0.2) is 18.1 Å². The van der Waals surface area contributed by atoms with Gasteiger partial charge < -0.3 is 9.47 Å². The van der Waals surface area contributed by atoms with Crippen molar-refractivity contribution in [3.63, 3.8) is 0 Å². The van der Waals surface area contributed by atoms with Crippen molar-refractivity contribution in [1.82, 2.24) is 4.98 Å². The third-order valence-electron chi connectivity index (χ3n) is 1.96. The number of thiazole rings is 1. The summed E-state index contributed by atoms with van der Waals surface area (Å²) in [6.07, 6.45) is 0. The molecule has 0 aliphatic rings. The Morgan fingerprint density at radius 2 is 2.06 bits per heavy atom. The topological polar surface area (TPSA) is 48.4 Å². The molecule has 0 spiro atoms. The predicted molar refractivity (Wildman–Crippen MR) is 64.9 cm³/mol. The maximum atomic E-state index is 12.7. The summed E-state index contributed by atoms with van der Waals surface area (Å²) in [6.45, 7) is 0. The van der Waals surface area contributed by atoms with Crippen molar-refractivity contribution in [2.45, 2.75) is 0 Å². The molecule has 0 saturated carbocycles. The van der Waals surface area contributed by atoms with E-state index in [0.717, 1.165) is 11.3 Å². The van der Waals surface area contributed by atoms with E-state index in [1.165, 1.54) is 31.4 Å². The third-order valence-corrected chi connectivity index (χ3v) is 3.25. The molecule has 0 fully saturated rings. The molecule has 0 aliphatic carbocycles. The molecule has 2 rings (SSSR count). The van der Waals surface area contributed by atoms with Gasteiger partial charge in [0.15, 0.2) is 10.0 Å². The van der Waals surface area contributed by atoms with Crippen LogP contribution in [0.15, 0.2) is 24.3 Å². The van der Waals surface area contributed by atoms with Crippen LogP contribution in [0.2, 0.25) is 5.15 Å². The molecule has 2 aromatic rings. The maximum Gasteiger partial charge on any atom is 0.351 e. The summed E-state index contributed by atoms with van der Waals surface area (Å²) in [5, 5.41) is 0.205. The van der Waals surface area contributed by atoms with Gasteiger partial charge in [-0.15, -0.1) is 0 Å². The maximum absolute atomic E-state index is 12.7. The summed E-state index contributed by atoms with van der Waals surface area (Å²) in [4.78, 5) is 15.3. The number of hydrogen-bond acceptors (Lipinski definition) is 5. The van der Waals surface area contributed by atoms with Gasteiger partial charge in [-0.3, -0.25) is 0 Å². The first-order valence-electron chi connectivity index (χ1n) is 4.78. The Labute approximate surface area is 111 Å². The van der Waals surface area contributed by atoms with Crippen molar-refractivity contribution in [1.29, 1.82) is 0 Å². The van der Waals surface area contributed by atoms with Crippen LogP contribution >= 0.6 is 22.9 Å². The van der Waals surface area contributed by atoms with Crippen molar-refractivity contribution < 1.29 is 18.7 Å². The highest BCUT2D eigenvalue weighted by atomic mass is 35.5. The van der Waals surface area contributed by atoms with Crippen molar-refractivity contribution in [3.8, 4) is 10.9 Å². The Hall–Kier alpha value is -1.66. The largest absolute Gasteiger partial charge is 0.465 e. The number of halogens is 2. The Morgan fingerprint density at radius 1 is 1.39 bits per heavy atom. The van der Waals surface area contributed by atoms with Gasteiger partial charge in [-0.2, -0.15) is 4.98 Å². The monoisotopic (exact) mass is 287 g/mol. The van der Waals surface area contributed by atoms with Gasteiger partial charge in [-0.1, -0.05) is 22.9 Å². The number of nitrogens with zero attached hydrogens (tertiary/aromatic N) is 1. The lowest BCUT2D eigenvalue weighted by molar-refractivity contribution is 0.0606. The lowest BCUT2D eigenvalue weighted by Gasteiger charge is -1.99. The summed E-state index contributed by atoms with van der Waals surface area (Å²) in [6, 6.07) is 5.41. The van der Waals surface area contributed by atoms with Crippen LogP contribution in [0, 0.1) is 5.82 Å². The van der Waals surface area contributed by atoms with Crippen molar-refractivity contribution >= 4 is 28.9 Å². The summed E-state index contributed by atoms with van der Waals surface area (Å²) >= 11 is 6.73. The number of benzene rings is 1. The number of hydrogen-bond donors (Lipinski definition) is 0. The molecule has 0 N–H and O–H groups in total. The second-order valence-corrected chi connectivity index (χ2v) is 4.47. The Bertz CT molecular complexity index is 570. The average Bonchev–Trinajstić information content (AvgIpc) is 2.72. The van der Waals surface area contributed by atoms with E-state index in [1.807, 2.05) is 0 Å². The average molecular weight is 288 g/mol. The normalized spacial score (nSPS) is 10.2. The van der Waals surface area contributed by atoms with Crippen molar-refractivity contribution in [2.75, 3.05) is 7.11 Å². The van der Waals surface area contributed by atoms with E-state index in [-0.39, 0.29) is 21.0 Å². The third kappa shape index (κ3) is 2.77. The SMILES string of the molecule is COC(=O)c1sc(Oc2ccc(F)cc2)nc1Cl. The van der Waals surface area contributed by atoms with Gasteiger partial charge >= 0.3 is 5.97 Å². The molecule has 0 atom stereocenters. The number of esters is 1. The molecule has 0 bridgehead atoms. The van der Waals surface area contributed by atoms with Crippen LogP contribution in [0.1, 0.15) is 9.67 Å². The van der Waals surface area contributed by atoms with Crippen LogP contribution < -0.4 is 4.74 Å². The van der Waals surface area contributed by atoms with Gasteiger partial charge in [0.25, 0.3) is 5.19 Å². The van der Waals surface area contributed by atoms with E-state index >= 15 is 0 Å². The number of carbonyl (C=O) groups is 1. The zero-order valence-corrected chi connectivity index (χ0v) is 10.7. The molecule has 4 nitrogen and oxygen atoms in total. The van der Waals surface area contributed by atoms with E-state index in [2.05, 4.69) is 9.72 Å². The number of aromatic nitrogens is 1. The zero-order chi connectivity index (χ0) is 13.1. The molecular formula is C11H7ClFNO3S. The fraction of sp³-hybridized carbons (Fsp3) is 0.0909. The second kappa shape index (κ2) is 5.32. The first-order chi connectivity index (χ1) is 8.60. The number of carbonyl (C=O) groups excluding carboxylic acids is 1. The van der Waals surface area contributed by atoms with Gasteiger partial charge in [0.05, 0.1) is 7.11 Å². The molecule has 0 aliphatic heterocycles. The lowest BCUT2D eigenvalue weighted by atomic mass is 10.3. The Kier molecular flexibility index (Phi) is 3.78. The van der Waals surface area contributed by atoms with Crippen molar-refractivity contribution in [2.24, 2.45) is 0 Å². The molecule has 0 amide bonds. The first-order valence-corrected chi connectivity index (χ1v) is 5.97. The predicted octanol–water partition coefficient (Wildman–Crippen LogP) is 3.51. The fourth-order valence-electron chi connectivity index (χ4n) is 1.15. The fourth-order valence-corrected chi connectivity index (χ4v) is 2.21. The van der Waals surface area contributed by atoms with Crippen molar-refractivity contribution in [3.05, 3.63) is 40.1 Å². The minimum Gasteiger partial charge on any atom is -0.465 e. The molecule has 0 unspecified atom stereocenters. The zero-order valence-electron chi connectivity index (χ0n) is 9.15. The Morgan fingerprint density at radius 3 is 2.67 bits per heavy atom. The first kappa shape index (κ1) is 12.8. The Balaban J connectivity index is 2.20. The molecular weight excluding hydrogens is 281 g/mol. The molecule has 7 heteroatoms. The van der Waals surface area contributed by atoms with Gasteiger partial charge in [0.1, 0.15) is 11.6 Å². The minimum atomic E-state index is -0.577. The minimum absolute atomic E-state index is 0.0176. The standard InChI is InChI=1S/C11H7ClFNO3S/c1-16-10(15)8-9(12)14-11(18-8)17-7-4-2-6(13)3-5-7/h2-5H,1H3. The van der Waals surface area contributed by atoms with Gasteiger partial charge in [-0.05, 0) is 24.3 Å². The molecule has 1 aromatic heterocycles. The molecule has 1 aromatic carbocycles. The molecule has 94 valence electrons. The summed E-state index contributed by atoms with van der Waals surface area (Å²) in [7, 11) is 1.25. The highest BCUT2D eigenvalue weighted by Crippen LogP contribution is 2.32. The quantitative estimate of drug-likeness (QED) is 0.811. The highest BCUT2D eigenvalue weighted by molar-refractivity contribution is 7.15. The lowest BCUT2D eigenvalue weighted by Crippen LogP contribution is -1.98. The second-order valence-electron chi connectivity index (χ2n) is 3.15. The van der Waals surface area contributed by atoms with E-state index in [9.17, 15) is 9.18 Å². The van der Waals surface area contributed by atoms with Crippen LogP contribution in [0.5, 0.6) is 10.9 Å². The summed E-state index contributed by atoms with van der Waals surface area (Å²) < 4.78 is 22.6. The van der Waals surface area contributed by atoms with E-state index in [1.54, 1.807) is 0 Å². The van der Waals surface area contributed by atoms with Gasteiger partial charge in [0.2, 0.25) is 0 Å². The van der Waals surface area contributed by atoms with Gasteiger partial charge in [-0.25, -0.2) is 9.18 Å². The van der Waals surface area contributed by atoms with E-state index in [4.69, 9.17) is 16.3 Å². The molecule has 18 heavy (non-hydrogen) atoms. The number of ether oxygens (including phenoxy) is 2. The molecule has 0 saturated heterocycles. The number of rotatable bonds is 3. The summed E-state index contributed by atoms with van der Waals surface area (Å²) in [5.41, 5.74) is 0. The van der Waals surface area contributed by atoms with Crippen LogP contribution in [0.4, 0.5) is 4.39 Å². The number of methoxy groups -OCH3 is 1. The van der Waals surface area contributed by atoms with E-state index < -0.39 is 5.97 Å². The van der Waals surface area contributed by atoms with Crippen LogP contribution in [0.3, 0.4) is 0 Å². The van der Waals surface area contributed by atoms with Crippen LogP contribution in [0.25, 0.3) is 0 Å². The summed E-state index contributed by atoms with van der Waals surface area (Å²) in [5.74, 6) is -0.542.